The van der Waals surface area contributed by atoms with Gasteiger partial charge in [0.05, 0.1) is 0 Å². The van der Waals surface area contributed by atoms with Gasteiger partial charge < -0.3 is 4.74 Å². The zero-order chi connectivity index (χ0) is 7.40. The molecular formula is C8H12O2. The van der Waals surface area contributed by atoms with Crippen molar-refractivity contribution in [3.8, 4) is 0 Å². The maximum absolute atomic E-state index is 10.6. The zero-order valence-corrected chi connectivity index (χ0v) is 6.17. The molecule has 0 aromatic heterocycles. The summed E-state index contributed by atoms with van der Waals surface area (Å²) >= 11 is 0. The third-order valence-electron chi connectivity index (χ3n) is 1.55. The van der Waals surface area contributed by atoms with Crippen LogP contribution in [0.15, 0.2) is 12.2 Å². The van der Waals surface area contributed by atoms with E-state index in [-0.39, 0.29) is 12.1 Å². The van der Waals surface area contributed by atoms with Gasteiger partial charge in [0, 0.05) is 12.5 Å². The molecule has 2 nitrogen and oxygen atoms in total. The van der Waals surface area contributed by atoms with E-state index in [2.05, 4.69) is 6.92 Å². The van der Waals surface area contributed by atoms with Crippen molar-refractivity contribution in [2.75, 3.05) is 0 Å². The molecule has 1 aliphatic heterocycles. The number of hydrogen-bond donors (Lipinski definition) is 0. The van der Waals surface area contributed by atoms with Crippen LogP contribution < -0.4 is 0 Å². The van der Waals surface area contributed by atoms with Gasteiger partial charge in [-0.25, -0.2) is 4.79 Å². The van der Waals surface area contributed by atoms with E-state index in [0.717, 1.165) is 19.3 Å². The molecule has 0 aliphatic carbocycles. The van der Waals surface area contributed by atoms with Crippen molar-refractivity contribution < 1.29 is 9.53 Å². The molecule has 0 saturated heterocycles. The Morgan fingerprint density at radius 1 is 1.80 bits per heavy atom. The summed E-state index contributed by atoms with van der Waals surface area (Å²) in [6.45, 7) is 2.09. The largest absolute Gasteiger partial charge is 0.459 e. The molecule has 2 heteroatoms. The third-order valence-corrected chi connectivity index (χ3v) is 1.55. The van der Waals surface area contributed by atoms with Gasteiger partial charge in [0.2, 0.25) is 0 Å². The molecule has 0 bridgehead atoms. The predicted molar refractivity (Wildman–Crippen MR) is 38.5 cm³/mol. The van der Waals surface area contributed by atoms with Gasteiger partial charge in [-0.15, -0.1) is 0 Å². The molecule has 1 heterocycles. The van der Waals surface area contributed by atoms with Crippen LogP contribution in [0, 0.1) is 0 Å². The maximum Gasteiger partial charge on any atom is 0.330 e. The van der Waals surface area contributed by atoms with E-state index in [1.54, 1.807) is 0 Å². The second-order valence-corrected chi connectivity index (χ2v) is 2.49. The van der Waals surface area contributed by atoms with Crippen LogP contribution >= 0.6 is 0 Å². The number of carbonyl (C=O) groups excluding carboxylic acids is 1. The monoisotopic (exact) mass is 140 g/mol. The van der Waals surface area contributed by atoms with Crippen molar-refractivity contribution in [2.24, 2.45) is 0 Å². The Morgan fingerprint density at radius 2 is 2.60 bits per heavy atom. The lowest BCUT2D eigenvalue weighted by Crippen LogP contribution is -2.19. The SMILES string of the molecule is CCCC1CC=CC(=O)O1. The Balaban J connectivity index is 2.36. The van der Waals surface area contributed by atoms with Crippen LogP contribution in [0.25, 0.3) is 0 Å². The molecule has 0 spiro atoms. The average Bonchev–Trinajstić information content (AvgIpc) is 1.88. The summed E-state index contributed by atoms with van der Waals surface area (Å²) < 4.78 is 5.00. The van der Waals surface area contributed by atoms with E-state index in [0.29, 0.717) is 0 Å². The predicted octanol–water partition coefficient (Wildman–Crippen LogP) is 1.66. The van der Waals surface area contributed by atoms with E-state index in [4.69, 9.17) is 4.74 Å². The normalized spacial score (nSPS) is 24.5. The number of rotatable bonds is 2. The molecule has 56 valence electrons. The van der Waals surface area contributed by atoms with Crippen molar-refractivity contribution >= 4 is 5.97 Å². The smallest absolute Gasteiger partial charge is 0.330 e. The summed E-state index contributed by atoms with van der Waals surface area (Å²) in [5.41, 5.74) is 0. The number of esters is 1. The summed E-state index contributed by atoms with van der Waals surface area (Å²) in [5.74, 6) is -0.190. The molecule has 0 saturated carbocycles. The lowest BCUT2D eigenvalue weighted by atomic mass is 10.1. The highest BCUT2D eigenvalue weighted by atomic mass is 16.5. The van der Waals surface area contributed by atoms with Gasteiger partial charge in [-0.2, -0.15) is 0 Å². The minimum Gasteiger partial charge on any atom is -0.459 e. The summed E-state index contributed by atoms with van der Waals surface area (Å²) in [7, 11) is 0. The summed E-state index contributed by atoms with van der Waals surface area (Å²) in [6.07, 6.45) is 6.46. The van der Waals surface area contributed by atoms with Gasteiger partial charge in [0.25, 0.3) is 0 Å². The first-order valence-corrected chi connectivity index (χ1v) is 3.70. The Bertz CT molecular complexity index is 149. The van der Waals surface area contributed by atoms with Gasteiger partial charge in [0.15, 0.2) is 0 Å². The summed E-state index contributed by atoms with van der Waals surface area (Å²) in [4.78, 5) is 10.6. The van der Waals surface area contributed by atoms with E-state index in [9.17, 15) is 4.79 Å². The first-order chi connectivity index (χ1) is 4.83. The van der Waals surface area contributed by atoms with Crippen molar-refractivity contribution in [3.05, 3.63) is 12.2 Å². The molecule has 0 amide bonds. The van der Waals surface area contributed by atoms with E-state index >= 15 is 0 Å². The Kier molecular flexibility index (Phi) is 2.49. The molecule has 0 N–H and O–H groups in total. The van der Waals surface area contributed by atoms with Crippen molar-refractivity contribution in [2.45, 2.75) is 32.3 Å². The van der Waals surface area contributed by atoms with Gasteiger partial charge in [-0.05, 0) is 6.42 Å². The molecule has 1 unspecified atom stereocenters. The number of hydrogen-bond acceptors (Lipinski definition) is 2. The van der Waals surface area contributed by atoms with Crippen molar-refractivity contribution in [3.63, 3.8) is 0 Å². The van der Waals surface area contributed by atoms with E-state index < -0.39 is 0 Å². The molecule has 1 rings (SSSR count). The highest BCUT2D eigenvalue weighted by Gasteiger charge is 2.13. The average molecular weight is 140 g/mol. The van der Waals surface area contributed by atoms with Crippen LogP contribution in [0.3, 0.4) is 0 Å². The van der Waals surface area contributed by atoms with Gasteiger partial charge in [0.1, 0.15) is 6.10 Å². The first kappa shape index (κ1) is 7.32. The zero-order valence-electron chi connectivity index (χ0n) is 6.17. The fraction of sp³-hybridized carbons (Fsp3) is 0.625. The first-order valence-electron chi connectivity index (χ1n) is 3.70. The van der Waals surface area contributed by atoms with Crippen LogP contribution in [0.5, 0.6) is 0 Å². The maximum atomic E-state index is 10.6. The standard InChI is InChI=1S/C8H12O2/c1-2-4-7-5-3-6-8(9)10-7/h3,6-7H,2,4-5H2,1H3. The molecule has 10 heavy (non-hydrogen) atoms. The third kappa shape index (κ3) is 1.87. The minimum atomic E-state index is -0.190. The van der Waals surface area contributed by atoms with Crippen molar-refractivity contribution in [1.29, 1.82) is 0 Å². The van der Waals surface area contributed by atoms with Crippen LogP contribution in [-0.2, 0) is 9.53 Å². The Labute approximate surface area is 60.9 Å². The van der Waals surface area contributed by atoms with E-state index in [1.807, 2.05) is 6.08 Å². The number of carbonyl (C=O) groups is 1. The van der Waals surface area contributed by atoms with Crippen LogP contribution in [-0.4, -0.2) is 12.1 Å². The Morgan fingerprint density at radius 3 is 3.20 bits per heavy atom. The topological polar surface area (TPSA) is 26.3 Å². The fourth-order valence-corrected chi connectivity index (χ4v) is 1.07. The minimum absolute atomic E-state index is 0.141. The van der Waals surface area contributed by atoms with Crippen LogP contribution in [0.4, 0.5) is 0 Å². The summed E-state index contributed by atoms with van der Waals surface area (Å²) in [5, 5.41) is 0. The van der Waals surface area contributed by atoms with Crippen LogP contribution in [0.1, 0.15) is 26.2 Å². The molecule has 0 fully saturated rings. The fourth-order valence-electron chi connectivity index (χ4n) is 1.07. The molecule has 0 aromatic carbocycles. The molecule has 0 aromatic rings. The number of ether oxygens (including phenoxy) is 1. The lowest BCUT2D eigenvalue weighted by Gasteiger charge is -2.17. The second-order valence-electron chi connectivity index (χ2n) is 2.49. The number of cyclic esters (lactones) is 1. The molecule has 0 radical (unpaired) electrons. The Hall–Kier alpha value is -0.790. The second kappa shape index (κ2) is 3.40. The molecular weight excluding hydrogens is 128 g/mol. The van der Waals surface area contributed by atoms with Crippen LogP contribution in [0.2, 0.25) is 0 Å². The highest BCUT2D eigenvalue weighted by Crippen LogP contribution is 2.11. The highest BCUT2D eigenvalue weighted by molar-refractivity contribution is 5.82. The summed E-state index contributed by atoms with van der Waals surface area (Å²) in [6, 6.07) is 0. The van der Waals surface area contributed by atoms with Gasteiger partial charge >= 0.3 is 5.97 Å². The quantitative estimate of drug-likeness (QED) is 0.545. The molecule has 1 aliphatic rings. The van der Waals surface area contributed by atoms with Crippen molar-refractivity contribution in [1.82, 2.24) is 0 Å². The molecule has 1 atom stereocenters. The van der Waals surface area contributed by atoms with E-state index in [1.165, 1.54) is 6.08 Å². The van der Waals surface area contributed by atoms with Gasteiger partial charge in [-0.3, -0.25) is 0 Å². The van der Waals surface area contributed by atoms with Gasteiger partial charge in [-0.1, -0.05) is 19.4 Å². The lowest BCUT2D eigenvalue weighted by molar-refractivity contribution is -0.144.